The van der Waals surface area contributed by atoms with Crippen molar-refractivity contribution in [2.75, 3.05) is 27.2 Å². The highest BCUT2D eigenvalue weighted by molar-refractivity contribution is 14.0. The van der Waals surface area contributed by atoms with Crippen LogP contribution in [-0.4, -0.2) is 38.2 Å². The van der Waals surface area contributed by atoms with Gasteiger partial charge >= 0.3 is 0 Å². The minimum Gasteiger partial charge on any atom is -0.497 e. The fourth-order valence-electron chi connectivity index (χ4n) is 2.58. The third kappa shape index (κ3) is 7.59. The summed E-state index contributed by atoms with van der Waals surface area (Å²) in [6, 6.07) is 14.3. The van der Waals surface area contributed by atoms with Gasteiger partial charge in [0.15, 0.2) is 5.96 Å². The van der Waals surface area contributed by atoms with Gasteiger partial charge in [-0.15, -0.1) is 24.0 Å². The van der Waals surface area contributed by atoms with Gasteiger partial charge in [0.1, 0.15) is 5.75 Å². The highest BCUT2D eigenvalue weighted by Gasteiger charge is 2.06. The lowest BCUT2D eigenvalue weighted by atomic mass is 9.98. The monoisotopic (exact) mass is 468 g/mol. The van der Waals surface area contributed by atoms with E-state index >= 15 is 0 Å². The number of halogens is 1. The molecule has 0 aliphatic rings. The minimum atomic E-state index is 0. The molecule has 0 bridgehead atoms. The van der Waals surface area contributed by atoms with E-state index in [1.165, 1.54) is 5.56 Å². The fourth-order valence-corrected chi connectivity index (χ4v) is 2.58. The maximum absolute atomic E-state index is 5.20. The van der Waals surface area contributed by atoms with E-state index in [4.69, 9.17) is 4.74 Å². The summed E-state index contributed by atoms with van der Waals surface area (Å²) >= 11 is 0. The van der Waals surface area contributed by atoms with Crippen molar-refractivity contribution in [1.82, 2.24) is 15.6 Å². The van der Waals surface area contributed by atoms with Crippen molar-refractivity contribution < 1.29 is 4.74 Å². The SMILES string of the molecule is CN=C(NCCc1ccccn1)NCCC(C)c1ccc(OC)cc1.I. The zero-order valence-electron chi connectivity index (χ0n) is 15.7. The number of guanidine groups is 1. The van der Waals surface area contributed by atoms with Crippen molar-refractivity contribution in [2.45, 2.75) is 25.7 Å². The molecule has 2 aromatic rings. The summed E-state index contributed by atoms with van der Waals surface area (Å²) in [5, 5.41) is 6.70. The lowest BCUT2D eigenvalue weighted by Gasteiger charge is -2.15. The number of aromatic nitrogens is 1. The van der Waals surface area contributed by atoms with Gasteiger partial charge in [-0.25, -0.2) is 0 Å². The first-order valence-electron chi connectivity index (χ1n) is 8.71. The molecule has 1 atom stereocenters. The summed E-state index contributed by atoms with van der Waals surface area (Å²) in [7, 11) is 3.48. The van der Waals surface area contributed by atoms with Crippen LogP contribution in [-0.2, 0) is 6.42 Å². The van der Waals surface area contributed by atoms with Crippen LogP contribution in [0.5, 0.6) is 5.75 Å². The van der Waals surface area contributed by atoms with Crippen molar-refractivity contribution in [1.29, 1.82) is 0 Å². The Morgan fingerprint density at radius 3 is 2.46 bits per heavy atom. The van der Waals surface area contributed by atoms with Gasteiger partial charge < -0.3 is 15.4 Å². The number of methoxy groups -OCH3 is 1. The summed E-state index contributed by atoms with van der Waals surface area (Å²) in [6.45, 7) is 3.92. The molecule has 0 amide bonds. The summed E-state index contributed by atoms with van der Waals surface area (Å²) in [5.74, 6) is 2.20. The molecule has 0 aliphatic heterocycles. The van der Waals surface area contributed by atoms with Crippen LogP contribution in [0.1, 0.15) is 30.5 Å². The molecule has 0 saturated heterocycles. The Morgan fingerprint density at radius 1 is 1.12 bits per heavy atom. The van der Waals surface area contributed by atoms with Gasteiger partial charge in [0.2, 0.25) is 0 Å². The summed E-state index contributed by atoms with van der Waals surface area (Å²) in [6.07, 6.45) is 3.74. The lowest BCUT2D eigenvalue weighted by molar-refractivity contribution is 0.414. The average molecular weight is 468 g/mol. The molecule has 1 aromatic carbocycles. The van der Waals surface area contributed by atoms with Crippen LogP contribution in [0.3, 0.4) is 0 Å². The van der Waals surface area contributed by atoms with E-state index in [1.54, 1.807) is 14.2 Å². The average Bonchev–Trinajstić information content (AvgIpc) is 2.67. The number of nitrogens with one attached hydrogen (secondary N) is 2. The molecule has 5 nitrogen and oxygen atoms in total. The van der Waals surface area contributed by atoms with Crippen LogP contribution in [0.4, 0.5) is 0 Å². The summed E-state index contributed by atoms with van der Waals surface area (Å²) in [4.78, 5) is 8.59. The molecule has 1 unspecified atom stereocenters. The third-order valence-corrected chi connectivity index (χ3v) is 4.18. The number of nitrogens with zero attached hydrogens (tertiary/aromatic N) is 2. The van der Waals surface area contributed by atoms with Crippen LogP contribution in [0.2, 0.25) is 0 Å². The number of hydrogen-bond donors (Lipinski definition) is 2. The van der Waals surface area contributed by atoms with Gasteiger partial charge in [0.25, 0.3) is 0 Å². The van der Waals surface area contributed by atoms with Crippen molar-refractivity contribution in [3.63, 3.8) is 0 Å². The van der Waals surface area contributed by atoms with Crippen LogP contribution >= 0.6 is 24.0 Å². The first-order valence-corrected chi connectivity index (χ1v) is 8.71. The number of benzene rings is 1. The Morgan fingerprint density at radius 2 is 1.85 bits per heavy atom. The van der Waals surface area contributed by atoms with E-state index in [0.717, 1.165) is 43.3 Å². The Balaban J connectivity index is 0.00000338. The zero-order chi connectivity index (χ0) is 17.9. The molecule has 0 radical (unpaired) electrons. The highest BCUT2D eigenvalue weighted by atomic mass is 127. The molecule has 142 valence electrons. The normalized spacial score (nSPS) is 12.0. The number of ether oxygens (including phenoxy) is 1. The smallest absolute Gasteiger partial charge is 0.190 e. The maximum atomic E-state index is 5.20. The molecule has 1 heterocycles. The molecule has 26 heavy (non-hydrogen) atoms. The van der Waals surface area contributed by atoms with Gasteiger partial charge in [-0.1, -0.05) is 25.1 Å². The largest absolute Gasteiger partial charge is 0.497 e. The zero-order valence-corrected chi connectivity index (χ0v) is 18.1. The Labute approximate surface area is 173 Å². The number of aliphatic imine (C=N–C) groups is 1. The number of hydrogen-bond acceptors (Lipinski definition) is 3. The third-order valence-electron chi connectivity index (χ3n) is 4.18. The minimum absolute atomic E-state index is 0. The summed E-state index contributed by atoms with van der Waals surface area (Å²) in [5.41, 5.74) is 2.40. The second-order valence-electron chi connectivity index (χ2n) is 5.96. The van der Waals surface area contributed by atoms with Crippen molar-refractivity contribution in [3.8, 4) is 5.75 Å². The maximum Gasteiger partial charge on any atom is 0.190 e. The molecule has 6 heteroatoms. The molecule has 2 N–H and O–H groups in total. The van der Waals surface area contributed by atoms with E-state index in [9.17, 15) is 0 Å². The topological polar surface area (TPSA) is 58.5 Å². The Bertz CT molecular complexity index is 647. The Kier molecular flexibility index (Phi) is 10.7. The molecule has 0 saturated carbocycles. The molecule has 0 spiro atoms. The van der Waals surface area contributed by atoms with E-state index in [0.29, 0.717) is 5.92 Å². The molecule has 1 aromatic heterocycles. The van der Waals surface area contributed by atoms with Gasteiger partial charge in [-0.2, -0.15) is 0 Å². The second-order valence-corrected chi connectivity index (χ2v) is 5.96. The quantitative estimate of drug-likeness (QED) is 0.353. The molecular formula is C20H29IN4O. The van der Waals surface area contributed by atoms with Crippen LogP contribution < -0.4 is 15.4 Å². The van der Waals surface area contributed by atoms with Crippen molar-refractivity contribution >= 4 is 29.9 Å². The second kappa shape index (κ2) is 12.5. The predicted octanol–water partition coefficient (Wildman–Crippen LogP) is 3.61. The molecular weight excluding hydrogens is 439 g/mol. The van der Waals surface area contributed by atoms with E-state index < -0.39 is 0 Å². The van der Waals surface area contributed by atoms with E-state index in [1.807, 2.05) is 36.5 Å². The van der Waals surface area contributed by atoms with Crippen LogP contribution in [0.25, 0.3) is 0 Å². The molecule has 0 fully saturated rings. The Hall–Kier alpha value is -1.83. The number of rotatable bonds is 8. The highest BCUT2D eigenvalue weighted by Crippen LogP contribution is 2.21. The van der Waals surface area contributed by atoms with Crippen LogP contribution in [0.15, 0.2) is 53.7 Å². The first kappa shape index (κ1) is 22.2. The number of pyridine rings is 1. The molecule has 2 rings (SSSR count). The standard InChI is InChI=1S/C20H28N4O.HI/c1-16(17-7-9-19(25-3)10-8-17)11-14-23-20(21-2)24-15-12-18-6-4-5-13-22-18;/h4-10,13,16H,11-12,14-15H2,1-3H3,(H2,21,23,24);1H. The first-order chi connectivity index (χ1) is 12.2. The van der Waals surface area contributed by atoms with Crippen molar-refractivity contribution in [2.24, 2.45) is 4.99 Å². The summed E-state index contributed by atoms with van der Waals surface area (Å²) < 4.78 is 5.20. The van der Waals surface area contributed by atoms with Gasteiger partial charge in [0.05, 0.1) is 7.11 Å². The molecule has 0 aliphatic carbocycles. The fraction of sp³-hybridized carbons (Fsp3) is 0.400. The van der Waals surface area contributed by atoms with Gasteiger partial charge in [-0.3, -0.25) is 9.98 Å². The predicted molar refractivity (Wildman–Crippen MR) is 119 cm³/mol. The van der Waals surface area contributed by atoms with Gasteiger partial charge in [-0.05, 0) is 42.2 Å². The van der Waals surface area contributed by atoms with Crippen LogP contribution in [0, 0.1) is 0 Å². The lowest BCUT2D eigenvalue weighted by Crippen LogP contribution is -2.39. The van der Waals surface area contributed by atoms with Crippen molar-refractivity contribution in [3.05, 3.63) is 59.9 Å². The van der Waals surface area contributed by atoms with E-state index in [2.05, 4.69) is 39.7 Å². The van der Waals surface area contributed by atoms with E-state index in [-0.39, 0.29) is 24.0 Å². The van der Waals surface area contributed by atoms with Gasteiger partial charge in [0, 0.05) is 38.4 Å².